The first-order chi connectivity index (χ1) is 6.74. The van der Waals surface area contributed by atoms with E-state index in [9.17, 15) is 5.11 Å². The van der Waals surface area contributed by atoms with Crippen LogP contribution >= 0.6 is 0 Å². The monoisotopic (exact) mass is 190 g/mol. The Morgan fingerprint density at radius 3 is 2.86 bits per heavy atom. The molecule has 1 aromatic carbocycles. The van der Waals surface area contributed by atoms with Crippen molar-refractivity contribution in [2.45, 2.75) is 6.10 Å². The molecule has 1 unspecified atom stereocenters. The second-order valence-electron chi connectivity index (χ2n) is 3.46. The fourth-order valence-corrected chi connectivity index (χ4v) is 1.77. The quantitative estimate of drug-likeness (QED) is 0.747. The van der Waals surface area contributed by atoms with E-state index < -0.39 is 6.10 Å². The Balaban J connectivity index is 2.66. The lowest BCUT2D eigenvalue weighted by atomic mass is 10.1. The molecule has 3 nitrogen and oxygen atoms in total. The number of aliphatic hydroxyl groups is 1. The summed E-state index contributed by atoms with van der Waals surface area (Å²) < 4.78 is 2.00. The normalized spacial score (nSPS) is 13.4. The maximum absolute atomic E-state index is 9.70. The molecule has 0 aliphatic carbocycles. The molecule has 2 aromatic rings. The van der Waals surface area contributed by atoms with E-state index in [1.807, 2.05) is 42.1 Å². The first-order valence-electron chi connectivity index (χ1n) is 4.66. The molecule has 1 aromatic heterocycles. The smallest absolute Gasteiger partial charge is 0.0932 e. The number of aryl methyl sites for hydroxylation is 1. The fraction of sp³-hybridized carbons (Fsp3) is 0.273. The number of hydrogen-bond donors (Lipinski definition) is 2. The van der Waals surface area contributed by atoms with Gasteiger partial charge in [0.1, 0.15) is 0 Å². The lowest BCUT2D eigenvalue weighted by Gasteiger charge is -2.04. The molecule has 1 heterocycles. The number of hydrogen-bond acceptors (Lipinski definition) is 2. The Hall–Kier alpha value is -1.32. The molecule has 74 valence electrons. The van der Waals surface area contributed by atoms with Crippen LogP contribution in [0, 0.1) is 0 Å². The summed E-state index contributed by atoms with van der Waals surface area (Å²) in [5.74, 6) is 0. The van der Waals surface area contributed by atoms with Crippen LogP contribution < -0.4 is 5.73 Å². The van der Waals surface area contributed by atoms with Crippen molar-refractivity contribution < 1.29 is 5.11 Å². The van der Waals surface area contributed by atoms with E-state index >= 15 is 0 Å². The van der Waals surface area contributed by atoms with Crippen molar-refractivity contribution >= 4 is 10.9 Å². The van der Waals surface area contributed by atoms with E-state index in [-0.39, 0.29) is 6.54 Å². The average molecular weight is 190 g/mol. The van der Waals surface area contributed by atoms with Gasteiger partial charge < -0.3 is 15.4 Å². The Morgan fingerprint density at radius 1 is 1.43 bits per heavy atom. The average Bonchev–Trinajstić information content (AvgIpc) is 2.56. The minimum Gasteiger partial charge on any atom is -0.387 e. The van der Waals surface area contributed by atoms with Crippen molar-refractivity contribution in [3.63, 3.8) is 0 Å². The molecule has 0 saturated heterocycles. The highest BCUT2D eigenvalue weighted by Crippen LogP contribution is 2.24. The van der Waals surface area contributed by atoms with Gasteiger partial charge in [0.2, 0.25) is 0 Å². The Labute approximate surface area is 82.8 Å². The second kappa shape index (κ2) is 3.44. The summed E-state index contributed by atoms with van der Waals surface area (Å²) in [6, 6.07) is 7.99. The Morgan fingerprint density at radius 2 is 2.14 bits per heavy atom. The van der Waals surface area contributed by atoms with Gasteiger partial charge in [0, 0.05) is 36.3 Å². The van der Waals surface area contributed by atoms with Crippen LogP contribution in [0.4, 0.5) is 0 Å². The van der Waals surface area contributed by atoms with Crippen molar-refractivity contribution in [3.8, 4) is 0 Å². The maximum atomic E-state index is 9.70. The largest absolute Gasteiger partial charge is 0.387 e. The highest BCUT2D eigenvalue weighted by molar-refractivity contribution is 5.84. The van der Waals surface area contributed by atoms with Gasteiger partial charge in [0.05, 0.1) is 6.10 Å². The standard InChI is InChI=1S/C11H14N2O/c1-13-7-9(11(14)6-12)8-4-2-3-5-10(8)13/h2-5,7,11,14H,6,12H2,1H3. The highest BCUT2D eigenvalue weighted by Gasteiger charge is 2.12. The highest BCUT2D eigenvalue weighted by atomic mass is 16.3. The molecule has 0 aliphatic rings. The number of rotatable bonds is 2. The van der Waals surface area contributed by atoms with Gasteiger partial charge in [0.25, 0.3) is 0 Å². The zero-order valence-electron chi connectivity index (χ0n) is 8.14. The topological polar surface area (TPSA) is 51.2 Å². The molecule has 0 aliphatic heterocycles. The molecule has 1 atom stereocenters. The Bertz CT molecular complexity index is 447. The van der Waals surface area contributed by atoms with E-state index in [1.54, 1.807) is 0 Å². The second-order valence-corrected chi connectivity index (χ2v) is 3.46. The molecule has 3 heteroatoms. The predicted octanol–water partition coefficient (Wildman–Crippen LogP) is 1.17. The van der Waals surface area contributed by atoms with Gasteiger partial charge in [0.15, 0.2) is 0 Å². The van der Waals surface area contributed by atoms with E-state index in [2.05, 4.69) is 0 Å². The number of aliphatic hydroxyl groups excluding tert-OH is 1. The van der Waals surface area contributed by atoms with Gasteiger partial charge in [-0.15, -0.1) is 0 Å². The van der Waals surface area contributed by atoms with E-state index in [1.165, 1.54) is 0 Å². The van der Waals surface area contributed by atoms with Crippen LogP contribution in [0.3, 0.4) is 0 Å². The number of nitrogens with two attached hydrogens (primary N) is 1. The lowest BCUT2D eigenvalue weighted by molar-refractivity contribution is 0.188. The molecule has 0 spiro atoms. The zero-order chi connectivity index (χ0) is 10.1. The molecule has 0 fully saturated rings. The van der Waals surface area contributed by atoms with Gasteiger partial charge >= 0.3 is 0 Å². The first kappa shape index (κ1) is 9.24. The lowest BCUT2D eigenvalue weighted by Crippen LogP contribution is -2.10. The minimum atomic E-state index is -0.568. The van der Waals surface area contributed by atoms with E-state index in [0.29, 0.717) is 0 Å². The third-order valence-corrected chi connectivity index (χ3v) is 2.51. The Kier molecular flexibility index (Phi) is 2.27. The van der Waals surface area contributed by atoms with Crippen LogP contribution in [0.15, 0.2) is 30.5 Å². The number of fused-ring (bicyclic) bond motifs is 1. The molecular weight excluding hydrogens is 176 g/mol. The summed E-state index contributed by atoms with van der Waals surface area (Å²) >= 11 is 0. The van der Waals surface area contributed by atoms with Crippen molar-refractivity contribution in [1.82, 2.24) is 4.57 Å². The number of nitrogens with zero attached hydrogens (tertiary/aromatic N) is 1. The van der Waals surface area contributed by atoms with Crippen LogP contribution in [0.25, 0.3) is 10.9 Å². The predicted molar refractivity (Wildman–Crippen MR) is 56.9 cm³/mol. The third kappa shape index (κ3) is 1.31. The SMILES string of the molecule is Cn1cc(C(O)CN)c2ccccc21. The van der Waals surface area contributed by atoms with Crippen LogP contribution in [0.1, 0.15) is 11.7 Å². The van der Waals surface area contributed by atoms with E-state index in [0.717, 1.165) is 16.5 Å². The minimum absolute atomic E-state index is 0.258. The van der Waals surface area contributed by atoms with Crippen molar-refractivity contribution in [2.24, 2.45) is 12.8 Å². The molecule has 3 N–H and O–H groups in total. The molecule has 0 amide bonds. The van der Waals surface area contributed by atoms with E-state index in [4.69, 9.17) is 5.73 Å². The van der Waals surface area contributed by atoms with Crippen LogP contribution in [-0.4, -0.2) is 16.2 Å². The maximum Gasteiger partial charge on any atom is 0.0932 e. The summed E-state index contributed by atoms with van der Waals surface area (Å²) in [5.41, 5.74) is 7.47. The third-order valence-electron chi connectivity index (χ3n) is 2.51. The number of benzene rings is 1. The molecular formula is C11H14N2O. The molecule has 0 radical (unpaired) electrons. The fourth-order valence-electron chi connectivity index (χ4n) is 1.77. The van der Waals surface area contributed by atoms with Gasteiger partial charge in [-0.2, -0.15) is 0 Å². The summed E-state index contributed by atoms with van der Waals surface area (Å²) in [4.78, 5) is 0. The van der Waals surface area contributed by atoms with Crippen molar-refractivity contribution in [3.05, 3.63) is 36.0 Å². The number of aromatic nitrogens is 1. The summed E-state index contributed by atoms with van der Waals surface area (Å²) in [6.45, 7) is 0.258. The summed E-state index contributed by atoms with van der Waals surface area (Å²) in [6.07, 6.45) is 1.36. The van der Waals surface area contributed by atoms with Crippen molar-refractivity contribution in [1.29, 1.82) is 0 Å². The molecule has 0 bridgehead atoms. The summed E-state index contributed by atoms with van der Waals surface area (Å²) in [5, 5.41) is 10.8. The summed E-state index contributed by atoms with van der Waals surface area (Å²) in [7, 11) is 1.97. The van der Waals surface area contributed by atoms with Gasteiger partial charge in [-0.25, -0.2) is 0 Å². The molecule has 14 heavy (non-hydrogen) atoms. The van der Waals surface area contributed by atoms with Gasteiger partial charge in [-0.3, -0.25) is 0 Å². The number of para-hydroxylation sites is 1. The van der Waals surface area contributed by atoms with Gasteiger partial charge in [-0.1, -0.05) is 18.2 Å². The zero-order valence-corrected chi connectivity index (χ0v) is 8.14. The van der Waals surface area contributed by atoms with Crippen LogP contribution in [0.2, 0.25) is 0 Å². The van der Waals surface area contributed by atoms with Crippen molar-refractivity contribution in [2.75, 3.05) is 6.54 Å². The van der Waals surface area contributed by atoms with Crippen LogP contribution in [-0.2, 0) is 7.05 Å². The van der Waals surface area contributed by atoms with Crippen LogP contribution in [0.5, 0.6) is 0 Å². The first-order valence-corrected chi connectivity index (χ1v) is 4.66. The molecule has 0 saturated carbocycles. The van der Waals surface area contributed by atoms with Gasteiger partial charge in [-0.05, 0) is 6.07 Å². The molecule has 2 rings (SSSR count).